The van der Waals surface area contributed by atoms with Crippen LogP contribution in [0.25, 0.3) is 5.65 Å². The van der Waals surface area contributed by atoms with E-state index in [0.717, 1.165) is 48.8 Å². The van der Waals surface area contributed by atoms with Gasteiger partial charge in [-0.25, -0.2) is 9.37 Å². The van der Waals surface area contributed by atoms with Crippen molar-refractivity contribution in [1.82, 2.24) is 14.7 Å². The van der Waals surface area contributed by atoms with Crippen LogP contribution in [0.1, 0.15) is 54.4 Å². The van der Waals surface area contributed by atoms with E-state index in [1.54, 1.807) is 28.8 Å². The van der Waals surface area contributed by atoms with E-state index in [-0.39, 0.29) is 11.7 Å². The van der Waals surface area contributed by atoms with Crippen LogP contribution in [0.15, 0.2) is 66.9 Å². The smallest absolute Gasteiger partial charge is 0.270 e. The lowest BCUT2D eigenvalue weighted by Gasteiger charge is -2.48. The highest BCUT2D eigenvalue weighted by atomic mass is 35.5. The molecular formula is C32H35ClFN5O. The fraction of sp³-hybridized carbons (Fsp3) is 0.375. The summed E-state index contributed by atoms with van der Waals surface area (Å²) in [4.78, 5) is 22.6. The lowest BCUT2D eigenvalue weighted by atomic mass is 9.71. The molecule has 1 amide bonds. The minimum atomic E-state index is -0.179. The number of aryl methyl sites for hydroxylation is 1. The van der Waals surface area contributed by atoms with Gasteiger partial charge in [0.1, 0.15) is 17.2 Å². The normalized spacial score (nSPS) is 17.0. The number of piperidine rings is 2. The van der Waals surface area contributed by atoms with Crippen molar-refractivity contribution in [1.29, 1.82) is 0 Å². The van der Waals surface area contributed by atoms with Crippen LogP contribution in [0.5, 0.6) is 0 Å². The van der Waals surface area contributed by atoms with E-state index in [1.165, 1.54) is 31.4 Å². The molecule has 4 aromatic rings. The van der Waals surface area contributed by atoms with Crippen molar-refractivity contribution < 1.29 is 9.18 Å². The van der Waals surface area contributed by atoms with Crippen LogP contribution in [0.2, 0.25) is 5.02 Å². The average molecular weight is 560 g/mol. The SMILES string of the molecule is CCc1nc2ccc(Cl)cn2c1C(=O)NCc1ccc(N2CCC3(CCN(c4ccc(F)cc4)CC3)CC2)cc1. The molecule has 2 aliphatic heterocycles. The van der Waals surface area contributed by atoms with Crippen molar-refractivity contribution in [2.45, 2.75) is 45.6 Å². The van der Waals surface area contributed by atoms with E-state index >= 15 is 0 Å². The van der Waals surface area contributed by atoms with Crippen LogP contribution in [0.3, 0.4) is 0 Å². The minimum absolute atomic E-state index is 0.150. The molecule has 0 unspecified atom stereocenters. The summed E-state index contributed by atoms with van der Waals surface area (Å²) in [6, 6.07) is 19.1. The van der Waals surface area contributed by atoms with Gasteiger partial charge in [0.05, 0.1) is 10.7 Å². The third-order valence-electron chi connectivity index (χ3n) is 8.80. The highest BCUT2D eigenvalue weighted by Crippen LogP contribution is 2.43. The van der Waals surface area contributed by atoms with Crippen LogP contribution in [0.4, 0.5) is 15.8 Å². The van der Waals surface area contributed by atoms with Crippen molar-refractivity contribution in [3.8, 4) is 0 Å². The van der Waals surface area contributed by atoms with Gasteiger partial charge in [-0.05, 0) is 91.6 Å². The number of pyridine rings is 1. The molecule has 208 valence electrons. The number of hydrogen-bond donors (Lipinski definition) is 1. The summed E-state index contributed by atoms with van der Waals surface area (Å²) in [5.41, 5.74) is 5.86. The molecule has 40 heavy (non-hydrogen) atoms. The Morgan fingerprint density at radius 3 is 2.05 bits per heavy atom. The topological polar surface area (TPSA) is 52.9 Å². The largest absolute Gasteiger partial charge is 0.371 e. The molecule has 0 aliphatic carbocycles. The third kappa shape index (κ3) is 5.39. The number of imidazole rings is 1. The quantitative estimate of drug-likeness (QED) is 0.293. The molecular weight excluding hydrogens is 525 g/mol. The first kappa shape index (κ1) is 26.6. The molecule has 6 nitrogen and oxygen atoms in total. The number of anilines is 2. The summed E-state index contributed by atoms with van der Waals surface area (Å²) in [5, 5.41) is 3.63. The van der Waals surface area contributed by atoms with Crippen molar-refractivity contribution in [2.75, 3.05) is 36.0 Å². The fourth-order valence-electron chi connectivity index (χ4n) is 6.28. The number of benzene rings is 2. The highest BCUT2D eigenvalue weighted by molar-refractivity contribution is 6.30. The first-order valence-corrected chi connectivity index (χ1v) is 14.6. The summed E-state index contributed by atoms with van der Waals surface area (Å²) in [7, 11) is 0. The second-order valence-electron chi connectivity index (χ2n) is 11.1. The lowest BCUT2D eigenvalue weighted by Crippen LogP contribution is -2.47. The molecule has 2 aromatic carbocycles. The van der Waals surface area contributed by atoms with Gasteiger partial charge in [0.25, 0.3) is 5.91 Å². The number of amides is 1. The zero-order chi connectivity index (χ0) is 27.7. The van der Waals surface area contributed by atoms with E-state index in [4.69, 9.17) is 11.6 Å². The third-order valence-corrected chi connectivity index (χ3v) is 9.02. The maximum atomic E-state index is 13.3. The van der Waals surface area contributed by atoms with E-state index in [2.05, 4.69) is 44.4 Å². The zero-order valence-electron chi connectivity index (χ0n) is 22.9. The summed E-state index contributed by atoms with van der Waals surface area (Å²) in [6.07, 6.45) is 7.19. The number of fused-ring (bicyclic) bond motifs is 1. The Balaban J connectivity index is 1.02. The van der Waals surface area contributed by atoms with Crippen LogP contribution >= 0.6 is 11.6 Å². The van der Waals surface area contributed by atoms with Crippen molar-refractivity contribution in [2.24, 2.45) is 5.41 Å². The lowest BCUT2D eigenvalue weighted by molar-refractivity contribution is 0.0944. The molecule has 0 bridgehead atoms. The van der Waals surface area contributed by atoms with Crippen LogP contribution in [0, 0.1) is 11.2 Å². The van der Waals surface area contributed by atoms with Crippen LogP contribution in [-0.2, 0) is 13.0 Å². The molecule has 0 saturated carbocycles. The Kier molecular flexibility index (Phi) is 7.41. The van der Waals surface area contributed by atoms with Gasteiger partial charge in [0.2, 0.25) is 0 Å². The van der Waals surface area contributed by atoms with Gasteiger partial charge in [0, 0.05) is 50.3 Å². The predicted molar refractivity (Wildman–Crippen MR) is 159 cm³/mol. The number of hydrogen-bond acceptors (Lipinski definition) is 4. The molecule has 4 heterocycles. The first-order valence-electron chi connectivity index (χ1n) is 14.2. The van der Waals surface area contributed by atoms with E-state index in [1.807, 2.05) is 25.1 Å². The fourth-order valence-corrected chi connectivity index (χ4v) is 6.44. The monoisotopic (exact) mass is 559 g/mol. The number of nitrogens with zero attached hydrogens (tertiary/aromatic N) is 4. The van der Waals surface area contributed by atoms with Gasteiger partial charge in [-0.2, -0.15) is 0 Å². The van der Waals surface area contributed by atoms with Crippen molar-refractivity contribution in [3.05, 3.63) is 94.7 Å². The molecule has 6 rings (SSSR count). The maximum Gasteiger partial charge on any atom is 0.270 e. The molecule has 2 aliphatic rings. The number of carbonyl (C=O) groups excluding carboxylic acids is 1. The van der Waals surface area contributed by atoms with Gasteiger partial charge in [0.15, 0.2) is 0 Å². The Hall–Kier alpha value is -3.58. The summed E-state index contributed by atoms with van der Waals surface area (Å²) >= 11 is 6.18. The number of aromatic nitrogens is 2. The summed E-state index contributed by atoms with van der Waals surface area (Å²) in [5.74, 6) is -0.329. The molecule has 8 heteroatoms. The Morgan fingerprint density at radius 1 is 0.900 bits per heavy atom. The van der Waals surface area contributed by atoms with Gasteiger partial charge in [-0.1, -0.05) is 30.7 Å². The minimum Gasteiger partial charge on any atom is -0.371 e. The Labute approximate surface area is 239 Å². The second kappa shape index (κ2) is 11.1. The van der Waals surface area contributed by atoms with Crippen LogP contribution in [-0.4, -0.2) is 41.5 Å². The zero-order valence-corrected chi connectivity index (χ0v) is 23.6. The average Bonchev–Trinajstić information content (AvgIpc) is 3.35. The molecule has 1 spiro atoms. The number of rotatable bonds is 6. The molecule has 0 atom stereocenters. The summed E-state index contributed by atoms with van der Waals surface area (Å²) < 4.78 is 15.1. The van der Waals surface area contributed by atoms with E-state index in [0.29, 0.717) is 29.1 Å². The van der Waals surface area contributed by atoms with E-state index < -0.39 is 0 Å². The van der Waals surface area contributed by atoms with Crippen molar-refractivity contribution >= 4 is 34.5 Å². The first-order chi connectivity index (χ1) is 19.4. The predicted octanol–water partition coefficient (Wildman–Crippen LogP) is 6.51. The Morgan fingerprint density at radius 2 is 1.48 bits per heavy atom. The van der Waals surface area contributed by atoms with Gasteiger partial charge >= 0.3 is 0 Å². The number of halogens is 2. The molecule has 1 N–H and O–H groups in total. The van der Waals surface area contributed by atoms with Crippen LogP contribution < -0.4 is 15.1 Å². The van der Waals surface area contributed by atoms with Crippen molar-refractivity contribution in [3.63, 3.8) is 0 Å². The van der Waals surface area contributed by atoms with E-state index in [9.17, 15) is 9.18 Å². The maximum absolute atomic E-state index is 13.3. The summed E-state index contributed by atoms with van der Waals surface area (Å²) in [6.45, 7) is 6.64. The second-order valence-corrected chi connectivity index (χ2v) is 11.6. The molecule has 0 radical (unpaired) electrons. The standard InChI is InChI=1S/C32H35ClFN5O/c1-2-28-30(39-22-24(33)5-12-29(39)36-28)31(40)35-21-23-3-8-26(9-4-23)37-17-13-32(14-18-37)15-19-38(20-16-32)27-10-6-25(34)7-11-27/h3-12,22H,2,13-21H2,1H3,(H,35,40). The highest BCUT2D eigenvalue weighted by Gasteiger charge is 2.37. The van der Waals surface area contributed by atoms with Gasteiger partial charge in [-0.3, -0.25) is 9.20 Å². The molecule has 2 fully saturated rings. The van der Waals surface area contributed by atoms with Gasteiger partial charge < -0.3 is 15.1 Å². The number of carbonyl (C=O) groups is 1. The molecule has 2 aromatic heterocycles. The number of nitrogens with one attached hydrogen (secondary N) is 1. The molecule has 2 saturated heterocycles. The van der Waals surface area contributed by atoms with Gasteiger partial charge in [-0.15, -0.1) is 0 Å². The Bertz CT molecular complexity index is 1480.